The van der Waals surface area contributed by atoms with Gasteiger partial charge >= 0.3 is 0 Å². The molecule has 74 valence electrons. The molecule has 1 heterocycles. The maximum Gasteiger partial charge on any atom is 0.266 e. The van der Waals surface area contributed by atoms with Gasteiger partial charge in [0.05, 0.1) is 23.7 Å². The molecule has 1 aromatic rings. The molecule has 0 aromatic carbocycles. The average molecular weight is 373 g/mol. The summed E-state index contributed by atoms with van der Waals surface area (Å²) in [6.07, 6.45) is -2.43. The van der Waals surface area contributed by atoms with Crippen LogP contribution in [0.1, 0.15) is 17.7 Å². The summed E-state index contributed by atoms with van der Waals surface area (Å²) in [7, 11) is 0. The maximum atomic E-state index is 12.4. The Hall–Kier alpha value is -0.290. The molecule has 0 saturated heterocycles. The van der Waals surface area contributed by atoms with Crippen LogP contribution in [0, 0.1) is 14.9 Å². The van der Waals surface area contributed by atoms with E-state index in [2.05, 4.69) is 20.9 Å². The van der Waals surface area contributed by atoms with E-state index in [1.165, 1.54) is 6.07 Å². The predicted molar refractivity (Wildman–Crippen MR) is 58.9 cm³/mol. The zero-order valence-electron chi connectivity index (χ0n) is 6.77. The van der Waals surface area contributed by atoms with Gasteiger partial charge in [-0.1, -0.05) is 0 Å². The van der Waals surface area contributed by atoms with Crippen LogP contribution in [0.2, 0.25) is 0 Å². The molecule has 14 heavy (non-hydrogen) atoms. The fourth-order valence-electron chi connectivity index (χ4n) is 0.868. The van der Waals surface area contributed by atoms with Gasteiger partial charge in [-0.15, -0.1) is 0 Å². The number of hydrogen-bond acceptors (Lipinski definition) is 2. The van der Waals surface area contributed by atoms with Crippen LogP contribution in [0.25, 0.3) is 0 Å². The summed E-state index contributed by atoms with van der Waals surface area (Å²) in [6, 6.07) is 3.27. The zero-order chi connectivity index (χ0) is 10.7. The molecule has 0 radical (unpaired) electrons. The highest BCUT2D eigenvalue weighted by Crippen LogP contribution is 2.28. The number of nitriles is 1. The number of aromatic nitrogens is 1. The lowest BCUT2D eigenvalue weighted by Gasteiger charge is -2.06. The van der Waals surface area contributed by atoms with Crippen molar-refractivity contribution >= 4 is 38.5 Å². The van der Waals surface area contributed by atoms with E-state index >= 15 is 0 Å². The second kappa shape index (κ2) is 4.98. The number of hydrogen-bond donors (Lipinski definition) is 0. The number of nitrogens with zero attached hydrogens (tertiary/aromatic N) is 2. The van der Waals surface area contributed by atoms with Gasteiger partial charge in [0, 0.05) is 3.57 Å². The minimum Gasteiger partial charge on any atom is -0.243 e. The lowest BCUT2D eigenvalue weighted by atomic mass is 10.2. The Balaban J connectivity index is 3.18. The maximum absolute atomic E-state index is 12.4. The molecule has 0 N–H and O–H groups in total. The Morgan fingerprint density at radius 2 is 2.29 bits per heavy atom. The van der Waals surface area contributed by atoms with Gasteiger partial charge in [-0.2, -0.15) is 5.26 Å². The molecule has 0 aliphatic rings. The van der Waals surface area contributed by atoms with Gasteiger partial charge in [-0.05, 0) is 44.6 Å². The Morgan fingerprint density at radius 1 is 1.64 bits per heavy atom. The molecule has 1 aromatic heterocycles. The predicted octanol–water partition coefficient (Wildman–Crippen LogP) is 3.45. The first-order valence-electron chi connectivity index (χ1n) is 3.56. The first-order valence-corrected chi connectivity index (χ1v) is 5.43. The van der Waals surface area contributed by atoms with Gasteiger partial charge in [0.2, 0.25) is 0 Å². The summed E-state index contributed by atoms with van der Waals surface area (Å²) in [5, 5.41) is 8.46. The summed E-state index contributed by atoms with van der Waals surface area (Å²) in [5.74, 6) is 0. The van der Waals surface area contributed by atoms with Gasteiger partial charge in [0.1, 0.15) is 4.60 Å². The summed E-state index contributed by atoms with van der Waals surface area (Å²) < 4.78 is 25.5. The van der Waals surface area contributed by atoms with Crippen LogP contribution in [-0.4, -0.2) is 4.98 Å². The topological polar surface area (TPSA) is 36.7 Å². The third-order valence-electron chi connectivity index (χ3n) is 1.51. The van der Waals surface area contributed by atoms with Crippen LogP contribution < -0.4 is 0 Å². The van der Waals surface area contributed by atoms with Gasteiger partial charge in [-0.3, -0.25) is 0 Å². The molecule has 0 atom stereocenters. The van der Waals surface area contributed by atoms with Gasteiger partial charge < -0.3 is 0 Å². The normalized spacial score (nSPS) is 10.3. The van der Waals surface area contributed by atoms with E-state index in [-0.39, 0.29) is 16.6 Å². The highest BCUT2D eigenvalue weighted by atomic mass is 127. The average Bonchev–Trinajstić information content (AvgIpc) is 2.10. The highest BCUT2D eigenvalue weighted by Gasteiger charge is 2.15. The second-order valence-electron chi connectivity index (χ2n) is 2.43. The Labute approximate surface area is 102 Å². The molecule has 0 aliphatic heterocycles. The second-order valence-corrected chi connectivity index (χ2v) is 4.35. The van der Waals surface area contributed by atoms with Crippen LogP contribution in [0.15, 0.2) is 10.7 Å². The van der Waals surface area contributed by atoms with Crippen molar-refractivity contribution in [3.63, 3.8) is 0 Å². The van der Waals surface area contributed by atoms with Gasteiger partial charge in [-0.25, -0.2) is 13.8 Å². The van der Waals surface area contributed by atoms with Crippen LogP contribution >= 0.6 is 38.5 Å². The van der Waals surface area contributed by atoms with Crippen LogP contribution in [-0.2, 0) is 6.42 Å². The van der Waals surface area contributed by atoms with Crippen molar-refractivity contribution in [1.29, 1.82) is 5.26 Å². The van der Waals surface area contributed by atoms with Crippen molar-refractivity contribution in [3.8, 4) is 6.07 Å². The molecule has 0 unspecified atom stereocenters. The summed E-state index contributed by atoms with van der Waals surface area (Å²) in [6.45, 7) is 0. The van der Waals surface area contributed by atoms with Crippen molar-refractivity contribution in [2.75, 3.05) is 0 Å². The van der Waals surface area contributed by atoms with E-state index in [9.17, 15) is 8.78 Å². The van der Waals surface area contributed by atoms with Crippen molar-refractivity contribution in [1.82, 2.24) is 4.98 Å². The SMILES string of the molecule is N#CCc1nc(Br)c(C(F)F)cc1I. The molecule has 6 heteroatoms. The molecule has 2 nitrogen and oxygen atoms in total. The first-order chi connectivity index (χ1) is 6.56. The third kappa shape index (κ3) is 2.60. The monoisotopic (exact) mass is 372 g/mol. The van der Waals surface area contributed by atoms with Crippen LogP contribution in [0.4, 0.5) is 8.78 Å². The number of pyridine rings is 1. The molecule has 0 saturated carbocycles. The fraction of sp³-hybridized carbons (Fsp3) is 0.250. The quantitative estimate of drug-likeness (QED) is 0.589. The molecule has 0 fully saturated rings. The molecule has 0 amide bonds. The van der Waals surface area contributed by atoms with Crippen molar-refractivity contribution in [3.05, 3.63) is 25.5 Å². The number of rotatable bonds is 2. The van der Waals surface area contributed by atoms with Gasteiger partial charge in [0.15, 0.2) is 0 Å². The molecule has 0 aliphatic carbocycles. The Morgan fingerprint density at radius 3 is 2.79 bits per heavy atom. The summed E-state index contributed by atoms with van der Waals surface area (Å²) in [5.41, 5.74) is 0.375. The van der Waals surface area contributed by atoms with Crippen LogP contribution in [0.5, 0.6) is 0 Å². The summed E-state index contributed by atoms with van der Waals surface area (Å²) >= 11 is 4.84. The molecular weight excluding hydrogens is 369 g/mol. The minimum absolute atomic E-state index is 0.109. The lowest BCUT2D eigenvalue weighted by molar-refractivity contribution is 0.150. The van der Waals surface area contributed by atoms with Crippen molar-refractivity contribution in [2.24, 2.45) is 0 Å². The Bertz CT molecular complexity index is 390. The first kappa shape index (κ1) is 11.8. The fourth-order valence-corrected chi connectivity index (χ4v) is 2.02. The van der Waals surface area contributed by atoms with Crippen molar-refractivity contribution < 1.29 is 8.78 Å². The number of halogens is 4. The van der Waals surface area contributed by atoms with E-state index in [4.69, 9.17) is 5.26 Å². The highest BCUT2D eigenvalue weighted by molar-refractivity contribution is 14.1. The standard InChI is InChI=1S/C8H4BrF2IN2/c9-7-4(8(10)11)3-5(12)6(14-7)1-2-13/h3,8H,1H2. The van der Waals surface area contributed by atoms with E-state index < -0.39 is 6.43 Å². The number of alkyl halides is 2. The molecular formula is C8H4BrF2IN2. The zero-order valence-corrected chi connectivity index (χ0v) is 10.5. The molecule has 0 spiro atoms. The summed E-state index contributed by atoms with van der Waals surface area (Å²) in [4.78, 5) is 3.89. The van der Waals surface area contributed by atoms with Crippen molar-refractivity contribution in [2.45, 2.75) is 12.8 Å². The van der Waals surface area contributed by atoms with E-state index in [1.54, 1.807) is 0 Å². The lowest BCUT2D eigenvalue weighted by Crippen LogP contribution is -1.98. The smallest absolute Gasteiger partial charge is 0.243 e. The Kier molecular flexibility index (Phi) is 4.19. The van der Waals surface area contributed by atoms with Gasteiger partial charge in [0.25, 0.3) is 6.43 Å². The van der Waals surface area contributed by atoms with E-state index in [0.717, 1.165) is 0 Å². The third-order valence-corrected chi connectivity index (χ3v) is 3.08. The molecule has 1 rings (SSSR count). The minimum atomic E-state index is -2.55. The largest absolute Gasteiger partial charge is 0.266 e. The molecule has 0 bridgehead atoms. The van der Waals surface area contributed by atoms with Crippen LogP contribution in [0.3, 0.4) is 0 Å². The van der Waals surface area contributed by atoms with E-state index in [0.29, 0.717) is 9.26 Å². The van der Waals surface area contributed by atoms with E-state index in [1.807, 2.05) is 28.7 Å².